The van der Waals surface area contributed by atoms with E-state index in [0.29, 0.717) is 6.42 Å². The minimum Gasteiger partial charge on any atom is -0.355 e. The Bertz CT molecular complexity index is 584. The predicted octanol–water partition coefficient (Wildman–Crippen LogP) is 4.53. The summed E-state index contributed by atoms with van der Waals surface area (Å²) in [5.74, 6) is 2.89. The Labute approximate surface area is 147 Å². The fourth-order valence-electron chi connectivity index (χ4n) is 2.01. The third kappa shape index (κ3) is 7.62. The van der Waals surface area contributed by atoms with Crippen LogP contribution in [0.25, 0.3) is 0 Å². The van der Waals surface area contributed by atoms with Crippen molar-refractivity contribution in [2.24, 2.45) is 0 Å². The molecule has 0 aliphatic rings. The zero-order valence-corrected chi connectivity index (χ0v) is 15.1. The van der Waals surface area contributed by atoms with E-state index in [0.717, 1.165) is 23.8 Å². The highest BCUT2D eigenvalue weighted by Gasteiger charge is 2.01. The second-order valence-corrected chi connectivity index (χ2v) is 7.57. The number of benzene rings is 2. The van der Waals surface area contributed by atoms with Gasteiger partial charge in [-0.2, -0.15) is 11.8 Å². The van der Waals surface area contributed by atoms with Gasteiger partial charge in [-0.1, -0.05) is 48.0 Å². The lowest BCUT2D eigenvalue weighted by atomic mass is 10.2. The second kappa shape index (κ2) is 10.4. The number of carbonyl (C=O) groups is 1. The average molecular weight is 346 g/mol. The summed E-state index contributed by atoms with van der Waals surface area (Å²) in [6.45, 7) is 2.81. The van der Waals surface area contributed by atoms with E-state index in [1.165, 1.54) is 16.0 Å². The quantitative estimate of drug-likeness (QED) is 0.535. The molecule has 2 aromatic carbocycles. The van der Waals surface area contributed by atoms with Gasteiger partial charge in [0.2, 0.25) is 5.91 Å². The summed E-state index contributed by atoms with van der Waals surface area (Å²) in [6.07, 6.45) is 0.590. The van der Waals surface area contributed by atoms with E-state index in [2.05, 4.69) is 48.6 Å². The Balaban J connectivity index is 1.51. The van der Waals surface area contributed by atoms with Crippen LogP contribution in [0.15, 0.2) is 59.5 Å². The van der Waals surface area contributed by atoms with Gasteiger partial charge < -0.3 is 5.32 Å². The molecule has 0 aliphatic heterocycles. The molecule has 23 heavy (non-hydrogen) atoms. The zero-order chi connectivity index (χ0) is 16.3. The Morgan fingerprint density at radius 1 is 1.00 bits per heavy atom. The van der Waals surface area contributed by atoms with Crippen molar-refractivity contribution in [1.82, 2.24) is 5.32 Å². The lowest BCUT2D eigenvalue weighted by Gasteiger charge is -2.06. The molecule has 0 heterocycles. The molecule has 0 radical (unpaired) electrons. The molecule has 0 aliphatic carbocycles. The largest absolute Gasteiger partial charge is 0.355 e. The van der Waals surface area contributed by atoms with E-state index in [9.17, 15) is 4.79 Å². The number of rotatable bonds is 9. The van der Waals surface area contributed by atoms with Crippen LogP contribution in [0.2, 0.25) is 0 Å². The Morgan fingerprint density at radius 2 is 1.74 bits per heavy atom. The van der Waals surface area contributed by atoms with Crippen LogP contribution in [-0.4, -0.2) is 24.0 Å². The molecule has 0 spiro atoms. The third-order valence-corrected chi connectivity index (χ3v) is 5.34. The van der Waals surface area contributed by atoms with Gasteiger partial charge in [0.15, 0.2) is 0 Å². The number of amides is 1. The lowest BCUT2D eigenvalue weighted by Crippen LogP contribution is -2.25. The minimum atomic E-state index is 0.148. The van der Waals surface area contributed by atoms with E-state index < -0.39 is 0 Å². The molecule has 0 saturated heterocycles. The maximum atomic E-state index is 11.8. The minimum absolute atomic E-state index is 0.148. The normalized spacial score (nSPS) is 10.5. The van der Waals surface area contributed by atoms with Crippen LogP contribution in [0.5, 0.6) is 0 Å². The molecule has 0 bridgehead atoms. The maximum Gasteiger partial charge on any atom is 0.220 e. The molecule has 2 nitrogen and oxygen atoms in total. The molecule has 4 heteroatoms. The van der Waals surface area contributed by atoms with Crippen molar-refractivity contribution in [3.05, 3.63) is 65.7 Å². The first-order valence-electron chi connectivity index (χ1n) is 7.82. The van der Waals surface area contributed by atoms with Crippen molar-refractivity contribution in [3.8, 4) is 0 Å². The first-order valence-corrected chi connectivity index (χ1v) is 9.96. The number of carbonyl (C=O) groups excluding carboxylic acids is 1. The van der Waals surface area contributed by atoms with Crippen LogP contribution in [0.3, 0.4) is 0 Å². The van der Waals surface area contributed by atoms with Gasteiger partial charge in [0.05, 0.1) is 0 Å². The molecule has 0 aromatic heterocycles. The summed E-state index contributed by atoms with van der Waals surface area (Å²) in [7, 11) is 0. The predicted molar refractivity (Wildman–Crippen MR) is 102 cm³/mol. The first-order chi connectivity index (χ1) is 11.2. The summed E-state index contributed by atoms with van der Waals surface area (Å²) in [4.78, 5) is 13.0. The highest BCUT2D eigenvalue weighted by Crippen LogP contribution is 2.17. The van der Waals surface area contributed by atoms with Crippen LogP contribution < -0.4 is 5.32 Å². The molecule has 2 aromatic rings. The van der Waals surface area contributed by atoms with Gasteiger partial charge in [0.1, 0.15) is 0 Å². The summed E-state index contributed by atoms with van der Waals surface area (Å²) in [6, 6.07) is 18.9. The van der Waals surface area contributed by atoms with E-state index in [1.807, 2.05) is 18.2 Å². The Morgan fingerprint density at radius 3 is 2.48 bits per heavy atom. The maximum absolute atomic E-state index is 11.8. The zero-order valence-electron chi connectivity index (χ0n) is 13.5. The Kier molecular flexibility index (Phi) is 8.12. The van der Waals surface area contributed by atoms with Gasteiger partial charge in [-0.25, -0.2) is 0 Å². The average Bonchev–Trinajstić information content (AvgIpc) is 2.58. The van der Waals surface area contributed by atoms with Crippen LogP contribution >= 0.6 is 23.5 Å². The van der Waals surface area contributed by atoms with Crippen LogP contribution in [0, 0.1) is 6.92 Å². The fourth-order valence-corrected chi connectivity index (χ4v) is 3.68. The van der Waals surface area contributed by atoms with E-state index >= 15 is 0 Å². The van der Waals surface area contributed by atoms with Crippen molar-refractivity contribution in [2.45, 2.75) is 24.0 Å². The van der Waals surface area contributed by atoms with Gasteiger partial charge >= 0.3 is 0 Å². The molecular formula is C19H23NOS2. The molecule has 1 amide bonds. The second-order valence-electron chi connectivity index (χ2n) is 5.30. The van der Waals surface area contributed by atoms with Gasteiger partial charge in [-0.15, -0.1) is 11.8 Å². The molecule has 122 valence electrons. The molecule has 0 saturated carbocycles. The number of thioether (sulfide) groups is 2. The Hall–Kier alpha value is -1.39. The standard InChI is InChI=1S/C19H23NOS2/c1-16-7-9-18(10-8-16)23-14-12-20-19(21)11-13-22-15-17-5-3-2-4-6-17/h2-10H,11-15H2,1H3,(H,20,21). The van der Waals surface area contributed by atoms with Gasteiger partial charge in [-0.3, -0.25) is 4.79 Å². The van der Waals surface area contributed by atoms with E-state index in [-0.39, 0.29) is 5.91 Å². The van der Waals surface area contributed by atoms with Gasteiger partial charge in [-0.05, 0) is 24.6 Å². The molecule has 1 N–H and O–H groups in total. The number of hydrogen-bond donors (Lipinski definition) is 1. The molecule has 0 atom stereocenters. The molecular weight excluding hydrogens is 322 g/mol. The van der Waals surface area contributed by atoms with Crippen molar-refractivity contribution < 1.29 is 4.79 Å². The summed E-state index contributed by atoms with van der Waals surface area (Å²) < 4.78 is 0. The smallest absolute Gasteiger partial charge is 0.220 e. The van der Waals surface area contributed by atoms with Crippen molar-refractivity contribution in [2.75, 3.05) is 18.1 Å². The number of hydrogen-bond acceptors (Lipinski definition) is 3. The highest BCUT2D eigenvalue weighted by atomic mass is 32.2. The number of aryl methyl sites for hydroxylation is 1. The van der Waals surface area contributed by atoms with Crippen LogP contribution in [0.4, 0.5) is 0 Å². The van der Waals surface area contributed by atoms with Crippen molar-refractivity contribution >= 4 is 29.4 Å². The van der Waals surface area contributed by atoms with Crippen molar-refractivity contribution in [1.29, 1.82) is 0 Å². The van der Waals surface area contributed by atoms with Crippen molar-refractivity contribution in [3.63, 3.8) is 0 Å². The molecule has 0 fully saturated rings. The molecule has 2 rings (SSSR count). The highest BCUT2D eigenvalue weighted by molar-refractivity contribution is 7.99. The molecule has 0 unspecified atom stereocenters. The first kappa shape index (κ1) is 18.0. The topological polar surface area (TPSA) is 29.1 Å². The lowest BCUT2D eigenvalue weighted by molar-refractivity contribution is -0.120. The van der Waals surface area contributed by atoms with Gasteiger partial charge in [0, 0.05) is 35.1 Å². The van der Waals surface area contributed by atoms with Crippen LogP contribution in [0.1, 0.15) is 17.5 Å². The summed E-state index contributed by atoms with van der Waals surface area (Å²) >= 11 is 3.58. The van der Waals surface area contributed by atoms with Gasteiger partial charge in [0.25, 0.3) is 0 Å². The monoisotopic (exact) mass is 345 g/mol. The van der Waals surface area contributed by atoms with E-state index in [4.69, 9.17) is 0 Å². The third-order valence-electron chi connectivity index (χ3n) is 3.30. The SMILES string of the molecule is Cc1ccc(SCCNC(=O)CCSCc2ccccc2)cc1. The fraction of sp³-hybridized carbons (Fsp3) is 0.316. The summed E-state index contributed by atoms with van der Waals surface area (Å²) in [5.41, 5.74) is 2.59. The summed E-state index contributed by atoms with van der Waals surface area (Å²) in [5, 5.41) is 2.99. The van der Waals surface area contributed by atoms with Crippen LogP contribution in [-0.2, 0) is 10.5 Å². The number of nitrogens with one attached hydrogen (secondary N) is 1. The van der Waals surface area contributed by atoms with E-state index in [1.54, 1.807) is 23.5 Å².